The number of carbonyl (C=O) groups is 2. The highest BCUT2D eigenvalue weighted by molar-refractivity contribution is 5.95. The van der Waals surface area contributed by atoms with E-state index in [0.717, 1.165) is 17.2 Å². The van der Waals surface area contributed by atoms with Gasteiger partial charge in [0.15, 0.2) is 0 Å². The Morgan fingerprint density at radius 3 is 1.91 bits per heavy atom. The van der Waals surface area contributed by atoms with Crippen molar-refractivity contribution < 1.29 is 22.8 Å². The Labute approximate surface area is 190 Å². The lowest BCUT2D eigenvalue weighted by Crippen LogP contribution is -2.38. The maximum Gasteiger partial charge on any atom is 0.418 e. The molecule has 0 heterocycles. The third-order valence-electron chi connectivity index (χ3n) is 4.96. The van der Waals surface area contributed by atoms with Crippen molar-refractivity contribution in [2.45, 2.75) is 13.1 Å². The molecule has 0 atom stereocenters. The molecule has 3 aromatic carbocycles. The lowest BCUT2D eigenvalue weighted by Gasteiger charge is -2.20. The molecule has 0 saturated carbocycles. The minimum Gasteiger partial charge on any atom is -0.325 e. The zero-order valence-electron chi connectivity index (χ0n) is 18.0. The zero-order valence-corrected chi connectivity index (χ0v) is 18.0. The highest BCUT2D eigenvalue weighted by Gasteiger charge is 2.33. The number of rotatable bonds is 8. The van der Waals surface area contributed by atoms with Gasteiger partial charge in [-0.2, -0.15) is 13.2 Å². The van der Waals surface area contributed by atoms with E-state index in [-0.39, 0.29) is 24.7 Å². The lowest BCUT2D eigenvalue weighted by atomic mass is 10.1. The Morgan fingerprint density at radius 2 is 1.30 bits per heavy atom. The summed E-state index contributed by atoms with van der Waals surface area (Å²) in [7, 11) is 0. The van der Waals surface area contributed by atoms with Crippen LogP contribution in [0.2, 0.25) is 0 Å². The van der Waals surface area contributed by atoms with Gasteiger partial charge in [-0.1, -0.05) is 61.5 Å². The fourth-order valence-corrected chi connectivity index (χ4v) is 3.29. The third-order valence-corrected chi connectivity index (χ3v) is 4.96. The van der Waals surface area contributed by atoms with Crippen molar-refractivity contribution in [3.05, 3.63) is 84.4 Å². The number of para-hydroxylation sites is 1. The molecule has 172 valence electrons. The second-order valence-corrected chi connectivity index (χ2v) is 7.39. The van der Waals surface area contributed by atoms with Gasteiger partial charge in [-0.15, -0.1) is 0 Å². The van der Waals surface area contributed by atoms with Crippen LogP contribution in [0.4, 0.5) is 24.5 Å². The first-order valence-corrected chi connectivity index (χ1v) is 10.4. The summed E-state index contributed by atoms with van der Waals surface area (Å²) in [5.74, 6) is -0.957. The Bertz CT molecular complexity index is 1080. The number of amides is 2. The topological polar surface area (TPSA) is 61.4 Å². The van der Waals surface area contributed by atoms with Gasteiger partial charge < -0.3 is 10.6 Å². The zero-order chi connectivity index (χ0) is 23.8. The molecule has 3 rings (SSSR count). The molecule has 33 heavy (non-hydrogen) atoms. The third kappa shape index (κ3) is 6.92. The van der Waals surface area contributed by atoms with Gasteiger partial charge in [-0.3, -0.25) is 14.5 Å². The number of halogens is 3. The summed E-state index contributed by atoms with van der Waals surface area (Å²) in [6.45, 7) is 1.84. The van der Waals surface area contributed by atoms with E-state index >= 15 is 0 Å². The van der Waals surface area contributed by atoms with Gasteiger partial charge in [0.1, 0.15) is 0 Å². The van der Waals surface area contributed by atoms with Crippen LogP contribution in [0.5, 0.6) is 0 Å². The number of benzene rings is 3. The van der Waals surface area contributed by atoms with Crippen LogP contribution in [0.25, 0.3) is 11.1 Å². The molecule has 8 heteroatoms. The molecule has 0 aliphatic carbocycles. The van der Waals surface area contributed by atoms with Crippen molar-refractivity contribution >= 4 is 23.2 Å². The fraction of sp³-hybridized carbons (Fsp3) is 0.200. The molecule has 3 aromatic rings. The van der Waals surface area contributed by atoms with Gasteiger partial charge in [-0.05, 0) is 41.9 Å². The van der Waals surface area contributed by atoms with Gasteiger partial charge >= 0.3 is 6.18 Å². The molecule has 2 amide bonds. The van der Waals surface area contributed by atoms with Gasteiger partial charge in [-0.25, -0.2) is 0 Å². The summed E-state index contributed by atoms with van der Waals surface area (Å²) in [6, 6.07) is 22.0. The highest BCUT2D eigenvalue weighted by atomic mass is 19.4. The Morgan fingerprint density at radius 1 is 0.758 bits per heavy atom. The fourth-order valence-electron chi connectivity index (χ4n) is 3.29. The van der Waals surface area contributed by atoms with Crippen molar-refractivity contribution in [3.8, 4) is 11.1 Å². The maximum atomic E-state index is 13.1. The molecule has 2 N–H and O–H groups in total. The van der Waals surface area contributed by atoms with Crippen molar-refractivity contribution in [3.63, 3.8) is 0 Å². The standard InChI is InChI=1S/C25H24F3N3O2/c1-2-31(17-24(33)30-22-11-7-6-10-21(22)25(26,27)28)16-23(32)29-20-14-12-19(13-15-20)18-8-4-3-5-9-18/h3-15H,2,16-17H2,1H3,(H,29,32)(H,30,33). The second kappa shape index (κ2) is 10.8. The van der Waals surface area contributed by atoms with Gasteiger partial charge in [0.2, 0.25) is 11.8 Å². The van der Waals surface area contributed by atoms with E-state index in [1.165, 1.54) is 18.2 Å². The molecule has 0 saturated heterocycles. The summed E-state index contributed by atoms with van der Waals surface area (Å²) in [4.78, 5) is 26.3. The summed E-state index contributed by atoms with van der Waals surface area (Å²) < 4.78 is 39.3. The van der Waals surface area contributed by atoms with Crippen LogP contribution in [0, 0.1) is 0 Å². The van der Waals surface area contributed by atoms with E-state index in [1.54, 1.807) is 24.0 Å². The SMILES string of the molecule is CCN(CC(=O)Nc1ccc(-c2ccccc2)cc1)CC(=O)Nc1ccccc1C(F)(F)F. The van der Waals surface area contributed by atoms with Crippen LogP contribution in [0.1, 0.15) is 12.5 Å². The number of nitrogens with one attached hydrogen (secondary N) is 2. The Balaban J connectivity index is 1.55. The molecular weight excluding hydrogens is 431 g/mol. The molecule has 0 aromatic heterocycles. The van der Waals surface area contributed by atoms with E-state index < -0.39 is 17.6 Å². The van der Waals surface area contributed by atoms with Gasteiger partial charge in [0.05, 0.1) is 24.3 Å². The summed E-state index contributed by atoms with van der Waals surface area (Å²) >= 11 is 0. The van der Waals surface area contributed by atoms with Crippen LogP contribution in [-0.2, 0) is 15.8 Å². The average molecular weight is 455 g/mol. The minimum atomic E-state index is -4.58. The van der Waals surface area contributed by atoms with E-state index in [2.05, 4.69) is 10.6 Å². The largest absolute Gasteiger partial charge is 0.418 e. The summed E-state index contributed by atoms with van der Waals surface area (Å²) in [6.07, 6.45) is -4.58. The highest BCUT2D eigenvalue weighted by Crippen LogP contribution is 2.34. The van der Waals surface area contributed by atoms with Crippen molar-refractivity contribution in [2.24, 2.45) is 0 Å². The number of hydrogen-bond acceptors (Lipinski definition) is 3. The van der Waals surface area contributed by atoms with E-state index in [4.69, 9.17) is 0 Å². The lowest BCUT2D eigenvalue weighted by molar-refractivity contribution is -0.137. The number of anilines is 2. The first kappa shape index (κ1) is 24.0. The number of likely N-dealkylation sites (N-methyl/N-ethyl adjacent to an activating group) is 1. The Kier molecular flexibility index (Phi) is 7.84. The molecule has 0 unspecified atom stereocenters. The number of alkyl halides is 3. The number of carbonyl (C=O) groups excluding carboxylic acids is 2. The predicted molar refractivity (Wildman–Crippen MR) is 123 cm³/mol. The molecule has 0 spiro atoms. The van der Waals surface area contributed by atoms with E-state index in [9.17, 15) is 22.8 Å². The van der Waals surface area contributed by atoms with E-state index in [1.807, 2.05) is 42.5 Å². The first-order chi connectivity index (χ1) is 15.8. The van der Waals surface area contributed by atoms with Crippen molar-refractivity contribution in [2.75, 3.05) is 30.3 Å². The number of nitrogens with zero attached hydrogens (tertiary/aromatic N) is 1. The quantitative estimate of drug-likeness (QED) is 0.486. The van der Waals surface area contributed by atoms with Crippen LogP contribution >= 0.6 is 0 Å². The summed E-state index contributed by atoms with van der Waals surface area (Å²) in [5.41, 5.74) is 1.46. The molecule has 0 aliphatic heterocycles. The Hall–Kier alpha value is -3.65. The molecule has 5 nitrogen and oxygen atoms in total. The van der Waals surface area contributed by atoms with E-state index in [0.29, 0.717) is 12.2 Å². The van der Waals surface area contributed by atoms with Gasteiger partial charge in [0.25, 0.3) is 0 Å². The van der Waals surface area contributed by atoms with Crippen LogP contribution < -0.4 is 10.6 Å². The normalized spacial score (nSPS) is 11.3. The van der Waals surface area contributed by atoms with Crippen molar-refractivity contribution in [1.82, 2.24) is 4.90 Å². The van der Waals surface area contributed by atoms with Gasteiger partial charge in [0, 0.05) is 5.69 Å². The first-order valence-electron chi connectivity index (χ1n) is 10.4. The molecule has 0 bridgehead atoms. The monoisotopic (exact) mass is 455 g/mol. The molecule has 0 aliphatic rings. The molecule has 0 fully saturated rings. The average Bonchev–Trinajstić information content (AvgIpc) is 2.79. The second-order valence-electron chi connectivity index (χ2n) is 7.39. The maximum absolute atomic E-state index is 13.1. The van der Waals surface area contributed by atoms with Crippen molar-refractivity contribution in [1.29, 1.82) is 0 Å². The smallest absolute Gasteiger partial charge is 0.325 e. The molecular formula is C25H24F3N3O2. The predicted octanol–water partition coefficient (Wildman–Crippen LogP) is 5.27. The number of hydrogen-bond donors (Lipinski definition) is 2. The minimum absolute atomic E-state index is 0.0781. The van der Waals surface area contributed by atoms with Crippen LogP contribution in [0.15, 0.2) is 78.9 Å². The summed E-state index contributed by atoms with van der Waals surface area (Å²) in [5, 5.41) is 5.07. The van der Waals surface area contributed by atoms with Crippen LogP contribution in [0.3, 0.4) is 0 Å². The molecule has 0 radical (unpaired) electrons. The van der Waals surface area contributed by atoms with Crippen LogP contribution in [-0.4, -0.2) is 36.3 Å².